The summed E-state index contributed by atoms with van der Waals surface area (Å²) in [6, 6.07) is -3.44. The van der Waals surface area contributed by atoms with E-state index in [1.165, 1.54) is 18.9 Å². The number of amides is 4. The van der Waals surface area contributed by atoms with Gasteiger partial charge in [-0.05, 0) is 51.9 Å². The molecule has 16 heteroatoms. The van der Waals surface area contributed by atoms with E-state index in [0.717, 1.165) is 70.6 Å². The molecule has 0 unspecified atom stereocenters. The van der Waals surface area contributed by atoms with Crippen molar-refractivity contribution in [3.05, 3.63) is 0 Å². The van der Waals surface area contributed by atoms with Gasteiger partial charge in [0.25, 0.3) is 0 Å². The molecule has 0 heterocycles. The van der Waals surface area contributed by atoms with Crippen molar-refractivity contribution in [1.29, 1.82) is 0 Å². The Hall–Kier alpha value is -4.08. The first-order valence-electron chi connectivity index (χ1n) is 18.7. The Labute approximate surface area is 307 Å². The van der Waals surface area contributed by atoms with Gasteiger partial charge in [0.2, 0.25) is 23.6 Å². The fraction of sp³-hybridized carbons (Fsp3) is 0.778. The fourth-order valence-corrected chi connectivity index (χ4v) is 5.55. The Balaban J connectivity index is 4.21. The van der Waals surface area contributed by atoms with Gasteiger partial charge in [-0.2, -0.15) is 0 Å². The summed E-state index contributed by atoms with van der Waals surface area (Å²) in [5, 5.41) is 35.1. The first-order valence-corrected chi connectivity index (χ1v) is 18.7. The van der Waals surface area contributed by atoms with Gasteiger partial charge in [0.05, 0.1) is 12.6 Å². The summed E-state index contributed by atoms with van der Waals surface area (Å²) in [7, 11) is 1.50. The smallest absolute Gasteiger partial charge is 0.326 e. The van der Waals surface area contributed by atoms with Gasteiger partial charge >= 0.3 is 17.9 Å². The average molecular weight is 742 g/mol. The SMILES string of the molecule is CC(=O)CN(C)C(=O)[C@@H](N)CCCCNC(=O)CC[C@H](NC(=O)CC[C@H](NC(=O)CCCCCCCCCCCCCCC(=O)O)C(=O)O)C(=O)O. The Bertz CT molecular complexity index is 1130. The van der Waals surface area contributed by atoms with E-state index in [2.05, 4.69) is 16.0 Å². The molecule has 52 heavy (non-hydrogen) atoms. The number of nitrogens with one attached hydrogen (secondary N) is 3. The van der Waals surface area contributed by atoms with Crippen molar-refractivity contribution < 1.29 is 53.7 Å². The van der Waals surface area contributed by atoms with Crippen molar-refractivity contribution in [3.63, 3.8) is 0 Å². The molecule has 0 aliphatic rings. The van der Waals surface area contributed by atoms with Gasteiger partial charge in [-0.15, -0.1) is 0 Å². The van der Waals surface area contributed by atoms with Crippen LogP contribution in [0.15, 0.2) is 0 Å². The van der Waals surface area contributed by atoms with Crippen LogP contribution < -0.4 is 21.7 Å². The lowest BCUT2D eigenvalue weighted by Crippen LogP contribution is -2.44. The number of carbonyl (C=O) groups excluding carboxylic acids is 5. The minimum atomic E-state index is -1.37. The number of nitrogens with two attached hydrogens (primary N) is 1. The van der Waals surface area contributed by atoms with Gasteiger partial charge < -0.3 is 41.9 Å². The van der Waals surface area contributed by atoms with Gasteiger partial charge in [0.15, 0.2) is 0 Å². The van der Waals surface area contributed by atoms with Crippen LogP contribution in [0.1, 0.15) is 142 Å². The number of carboxylic acid groups (broad SMARTS) is 3. The van der Waals surface area contributed by atoms with Crippen LogP contribution >= 0.6 is 0 Å². The molecule has 0 saturated heterocycles. The predicted octanol–water partition coefficient (Wildman–Crippen LogP) is 2.89. The van der Waals surface area contributed by atoms with Crippen LogP contribution in [0, 0.1) is 0 Å². The van der Waals surface area contributed by atoms with Crippen molar-refractivity contribution in [2.24, 2.45) is 5.73 Å². The summed E-state index contributed by atoms with van der Waals surface area (Å²) < 4.78 is 0. The number of Topliss-reactive ketones (excluding diaryl/α,β-unsaturated/α-hetero) is 1. The number of rotatable bonds is 33. The fourth-order valence-electron chi connectivity index (χ4n) is 5.55. The van der Waals surface area contributed by atoms with E-state index in [9.17, 15) is 48.6 Å². The molecule has 0 bridgehead atoms. The molecule has 0 aromatic heterocycles. The van der Waals surface area contributed by atoms with E-state index < -0.39 is 53.8 Å². The summed E-state index contributed by atoms with van der Waals surface area (Å²) >= 11 is 0. The topological polar surface area (TPSA) is 263 Å². The zero-order valence-corrected chi connectivity index (χ0v) is 31.1. The Morgan fingerprint density at radius 1 is 0.558 bits per heavy atom. The third kappa shape index (κ3) is 26.7. The molecule has 0 aromatic rings. The van der Waals surface area contributed by atoms with E-state index >= 15 is 0 Å². The lowest BCUT2D eigenvalue weighted by molar-refractivity contribution is -0.143. The predicted molar refractivity (Wildman–Crippen MR) is 193 cm³/mol. The normalized spacial score (nSPS) is 12.6. The number of carbonyl (C=O) groups is 8. The molecule has 0 aliphatic heterocycles. The molecule has 0 aromatic carbocycles. The van der Waals surface area contributed by atoms with Crippen LogP contribution in [0.5, 0.6) is 0 Å². The van der Waals surface area contributed by atoms with Gasteiger partial charge in [0.1, 0.15) is 17.9 Å². The molecule has 3 atom stereocenters. The van der Waals surface area contributed by atoms with Crippen LogP contribution in [-0.2, 0) is 38.4 Å². The Morgan fingerprint density at radius 3 is 1.42 bits per heavy atom. The lowest BCUT2D eigenvalue weighted by atomic mass is 10.0. The molecule has 298 valence electrons. The standard InChI is InChI=1S/C36H63N5O11/c1-26(42)25-41(2)34(48)27(37)17-15-16-24-38-30(43)22-20-28(35(49)50)40-32(45)23-21-29(36(51)52)39-31(44)18-13-11-9-7-5-3-4-6-8-10-12-14-19-33(46)47/h27-29H,3-25,37H2,1-2H3,(H,38,43)(H,39,44)(H,40,45)(H,46,47)(H,49,50)(H,51,52)/t27-,28-,29-/m0/s1. The quantitative estimate of drug-likeness (QED) is 0.0479. The summed E-state index contributed by atoms with van der Waals surface area (Å²) in [6.07, 6.45) is 12.8. The Morgan fingerprint density at radius 2 is 0.981 bits per heavy atom. The number of hydrogen-bond donors (Lipinski definition) is 7. The second-order valence-electron chi connectivity index (χ2n) is 13.5. The Kier molecular flexibility index (Phi) is 27.2. The van der Waals surface area contributed by atoms with Gasteiger partial charge in [-0.3, -0.25) is 28.8 Å². The molecular formula is C36H63N5O11. The highest BCUT2D eigenvalue weighted by atomic mass is 16.4. The van der Waals surface area contributed by atoms with Gasteiger partial charge in [-0.1, -0.05) is 64.2 Å². The minimum absolute atomic E-state index is 0.0203. The monoisotopic (exact) mass is 741 g/mol. The highest BCUT2D eigenvalue weighted by Crippen LogP contribution is 2.13. The minimum Gasteiger partial charge on any atom is -0.481 e. The molecular weight excluding hydrogens is 678 g/mol. The third-order valence-corrected chi connectivity index (χ3v) is 8.55. The second-order valence-corrected chi connectivity index (χ2v) is 13.5. The van der Waals surface area contributed by atoms with E-state index in [0.29, 0.717) is 25.7 Å². The summed E-state index contributed by atoms with van der Waals surface area (Å²) in [5.41, 5.74) is 5.88. The van der Waals surface area contributed by atoms with Crippen LogP contribution in [-0.4, -0.2) is 106 Å². The van der Waals surface area contributed by atoms with Crippen molar-refractivity contribution in [3.8, 4) is 0 Å². The number of ketones is 1. The largest absolute Gasteiger partial charge is 0.481 e. The average Bonchev–Trinajstić information content (AvgIpc) is 3.07. The molecule has 0 rings (SSSR count). The van der Waals surface area contributed by atoms with Crippen LogP contribution in [0.2, 0.25) is 0 Å². The van der Waals surface area contributed by atoms with E-state index in [1.54, 1.807) is 0 Å². The molecule has 0 aliphatic carbocycles. The van der Waals surface area contributed by atoms with E-state index in [4.69, 9.17) is 10.8 Å². The van der Waals surface area contributed by atoms with Crippen molar-refractivity contribution in [1.82, 2.24) is 20.9 Å². The van der Waals surface area contributed by atoms with Crippen LogP contribution in [0.4, 0.5) is 0 Å². The van der Waals surface area contributed by atoms with E-state index in [1.807, 2.05) is 0 Å². The number of carboxylic acids is 3. The molecule has 0 saturated carbocycles. The van der Waals surface area contributed by atoms with Crippen molar-refractivity contribution in [2.75, 3.05) is 20.1 Å². The van der Waals surface area contributed by atoms with Crippen LogP contribution in [0.3, 0.4) is 0 Å². The van der Waals surface area contributed by atoms with Crippen molar-refractivity contribution in [2.45, 2.75) is 160 Å². The molecule has 8 N–H and O–H groups in total. The zero-order chi connectivity index (χ0) is 39.3. The second kappa shape index (κ2) is 29.5. The number of unbranched alkanes of at least 4 members (excludes halogenated alkanes) is 12. The zero-order valence-electron chi connectivity index (χ0n) is 31.1. The summed E-state index contributed by atoms with van der Waals surface area (Å²) in [5.74, 6) is -5.47. The van der Waals surface area contributed by atoms with E-state index in [-0.39, 0.29) is 63.3 Å². The first-order chi connectivity index (χ1) is 24.6. The molecule has 4 amide bonds. The maximum atomic E-state index is 12.4. The highest BCUT2D eigenvalue weighted by Gasteiger charge is 2.24. The molecule has 0 fully saturated rings. The summed E-state index contributed by atoms with van der Waals surface area (Å²) in [4.78, 5) is 95.4. The number of nitrogens with zero attached hydrogens (tertiary/aromatic N) is 1. The lowest BCUT2D eigenvalue weighted by Gasteiger charge is -2.20. The number of likely N-dealkylation sites (N-methyl/N-ethyl adjacent to an activating group) is 1. The summed E-state index contributed by atoms with van der Waals surface area (Å²) in [6.45, 7) is 1.63. The van der Waals surface area contributed by atoms with Gasteiger partial charge in [0, 0.05) is 39.3 Å². The number of aliphatic carboxylic acids is 3. The maximum absolute atomic E-state index is 12.4. The maximum Gasteiger partial charge on any atom is 0.326 e. The molecule has 0 radical (unpaired) electrons. The van der Waals surface area contributed by atoms with Crippen molar-refractivity contribution >= 4 is 47.3 Å². The van der Waals surface area contributed by atoms with Gasteiger partial charge in [-0.25, -0.2) is 9.59 Å². The van der Waals surface area contributed by atoms with Crippen LogP contribution in [0.25, 0.3) is 0 Å². The molecule has 16 nitrogen and oxygen atoms in total. The first kappa shape index (κ1) is 47.9. The molecule has 0 spiro atoms. The highest BCUT2D eigenvalue weighted by molar-refractivity contribution is 5.87. The number of hydrogen-bond acceptors (Lipinski definition) is 9. The third-order valence-electron chi connectivity index (χ3n) is 8.55.